The van der Waals surface area contributed by atoms with Crippen LogP contribution in [-0.4, -0.2) is 29.3 Å². The first-order valence-corrected chi connectivity index (χ1v) is 9.36. The first kappa shape index (κ1) is 17.6. The predicted octanol–water partition coefficient (Wildman–Crippen LogP) is 3.13. The number of hydrogen-bond acceptors (Lipinski definition) is 3. The van der Waals surface area contributed by atoms with E-state index in [2.05, 4.69) is 5.32 Å². The maximum atomic E-state index is 13.6. The van der Waals surface area contributed by atoms with Crippen LogP contribution in [0.15, 0.2) is 41.8 Å². The van der Waals surface area contributed by atoms with Crippen molar-refractivity contribution in [1.29, 1.82) is 0 Å². The molecule has 0 unspecified atom stereocenters. The SMILES string of the molecule is O=C(NCCCc1ccccc1F)[C@H]1CCC(=O)N1Cc1cccs1. The molecule has 2 aromatic rings. The number of rotatable bonds is 7. The summed E-state index contributed by atoms with van der Waals surface area (Å²) in [6.45, 7) is 0.967. The fourth-order valence-corrected chi connectivity index (χ4v) is 3.79. The van der Waals surface area contributed by atoms with Crippen LogP contribution in [-0.2, 0) is 22.6 Å². The average Bonchev–Trinajstić information content (AvgIpc) is 3.24. The van der Waals surface area contributed by atoms with E-state index in [0.717, 1.165) is 4.88 Å². The predicted molar refractivity (Wildman–Crippen MR) is 95.6 cm³/mol. The van der Waals surface area contributed by atoms with Crippen molar-refractivity contribution in [3.8, 4) is 0 Å². The van der Waals surface area contributed by atoms with E-state index in [9.17, 15) is 14.0 Å². The Morgan fingerprint density at radius 3 is 2.88 bits per heavy atom. The maximum Gasteiger partial charge on any atom is 0.242 e. The van der Waals surface area contributed by atoms with E-state index < -0.39 is 6.04 Å². The third-order valence-corrected chi connectivity index (χ3v) is 5.28. The number of likely N-dealkylation sites (tertiary alicyclic amines) is 1. The number of nitrogens with one attached hydrogen (secondary N) is 1. The number of carbonyl (C=O) groups is 2. The van der Waals surface area contributed by atoms with E-state index in [0.29, 0.717) is 44.3 Å². The second-order valence-corrected chi connectivity index (χ2v) is 7.17. The van der Waals surface area contributed by atoms with Gasteiger partial charge in [-0.25, -0.2) is 4.39 Å². The largest absolute Gasteiger partial charge is 0.354 e. The molecule has 0 bridgehead atoms. The molecule has 4 nitrogen and oxygen atoms in total. The van der Waals surface area contributed by atoms with Gasteiger partial charge in [0.05, 0.1) is 6.54 Å². The second kappa shape index (κ2) is 8.25. The zero-order valence-corrected chi connectivity index (χ0v) is 14.7. The molecular weight excluding hydrogens is 339 g/mol. The van der Waals surface area contributed by atoms with Gasteiger partial charge in [0.1, 0.15) is 11.9 Å². The summed E-state index contributed by atoms with van der Waals surface area (Å²) in [4.78, 5) is 27.3. The fourth-order valence-electron chi connectivity index (χ4n) is 3.08. The van der Waals surface area contributed by atoms with Crippen LogP contribution in [0, 0.1) is 5.82 Å². The monoisotopic (exact) mass is 360 g/mol. The van der Waals surface area contributed by atoms with E-state index in [1.807, 2.05) is 23.6 Å². The first-order valence-electron chi connectivity index (χ1n) is 8.48. The molecule has 1 atom stereocenters. The van der Waals surface area contributed by atoms with E-state index in [1.54, 1.807) is 28.4 Å². The molecule has 1 fully saturated rings. The van der Waals surface area contributed by atoms with Gasteiger partial charge in [-0.1, -0.05) is 24.3 Å². The Morgan fingerprint density at radius 2 is 2.12 bits per heavy atom. The summed E-state index contributed by atoms with van der Waals surface area (Å²) < 4.78 is 13.6. The van der Waals surface area contributed by atoms with Gasteiger partial charge in [0.2, 0.25) is 11.8 Å². The second-order valence-electron chi connectivity index (χ2n) is 6.14. The Labute approximate surface area is 150 Å². The molecule has 1 aromatic carbocycles. The Hall–Kier alpha value is -2.21. The molecule has 1 saturated heterocycles. The highest BCUT2D eigenvalue weighted by Gasteiger charge is 2.35. The Bertz CT molecular complexity index is 733. The summed E-state index contributed by atoms with van der Waals surface area (Å²) in [7, 11) is 0. The average molecular weight is 360 g/mol. The molecule has 132 valence electrons. The van der Waals surface area contributed by atoms with Crippen LogP contribution in [0.2, 0.25) is 0 Å². The van der Waals surface area contributed by atoms with Crippen molar-refractivity contribution in [2.75, 3.05) is 6.54 Å². The molecule has 3 rings (SSSR count). The minimum Gasteiger partial charge on any atom is -0.354 e. The van der Waals surface area contributed by atoms with Gasteiger partial charge in [-0.3, -0.25) is 9.59 Å². The summed E-state index contributed by atoms with van der Waals surface area (Å²) in [6, 6.07) is 10.2. The molecule has 1 aliphatic heterocycles. The number of halogens is 1. The van der Waals surface area contributed by atoms with E-state index in [1.165, 1.54) is 6.07 Å². The van der Waals surface area contributed by atoms with Gasteiger partial charge in [0.25, 0.3) is 0 Å². The van der Waals surface area contributed by atoms with Crippen molar-refractivity contribution in [3.63, 3.8) is 0 Å². The van der Waals surface area contributed by atoms with E-state index in [4.69, 9.17) is 0 Å². The fraction of sp³-hybridized carbons (Fsp3) is 0.368. The molecule has 1 aliphatic rings. The van der Waals surface area contributed by atoms with Crippen LogP contribution >= 0.6 is 11.3 Å². The van der Waals surface area contributed by atoms with Crippen LogP contribution in [0.4, 0.5) is 4.39 Å². The van der Waals surface area contributed by atoms with E-state index in [-0.39, 0.29) is 17.6 Å². The number of nitrogens with zero attached hydrogens (tertiary/aromatic N) is 1. The molecule has 1 aromatic heterocycles. The molecule has 25 heavy (non-hydrogen) atoms. The van der Waals surface area contributed by atoms with Crippen LogP contribution in [0.5, 0.6) is 0 Å². The molecule has 2 heterocycles. The van der Waals surface area contributed by atoms with Gasteiger partial charge in [0.15, 0.2) is 0 Å². The summed E-state index contributed by atoms with van der Waals surface area (Å²) in [5.41, 5.74) is 0.659. The van der Waals surface area contributed by atoms with Gasteiger partial charge in [0, 0.05) is 17.8 Å². The number of aryl methyl sites for hydroxylation is 1. The Balaban J connectivity index is 1.48. The van der Waals surface area contributed by atoms with Gasteiger partial charge in [-0.2, -0.15) is 0 Å². The van der Waals surface area contributed by atoms with Crippen LogP contribution in [0.1, 0.15) is 29.7 Å². The lowest BCUT2D eigenvalue weighted by molar-refractivity contribution is -0.135. The lowest BCUT2D eigenvalue weighted by Crippen LogP contribution is -2.44. The molecular formula is C19H21FN2O2S. The van der Waals surface area contributed by atoms with Gasteiger partial charge < -0.3 is 10.2 Å². The smallest absolute Gasteiger partial charge is 0.242 e. The van der Waals surface area contributed by atoms with Crippen LogP contribution in [0.25, 0.3) is 0 Å². The zero-order chi connectivity index (χ0) is 17.6. The third kappa shape index (κ3) is 4.45. The Morgan fingerprint density at radius 1 is 1.28 bits per heavy atom. The molecule has 2 amide bonds. The van der Waals surface area contributed by atoms with Gasteiger partial charge in [-0.05, 0) is 42.3 Å². The Kier molecular flexibility index (Phi) is 5.81. The zero-order valence-electron chi connectivity index (χ0n) is 13.9. The molecule has 0 radical (unpaired) electrons. The van der Waals surface area contributed by atoms with Crippen molar-refractivity contribution in [1.82, 2.24) is 10.2 Å². The first-order chi connectivity index (χ1) is 12.1. The molecule has 0 aliphatic carbocycles. The van der Waals surface area contributed by atoms with Gasteiger partial charge in [-0.15, -0.1) is 11.3 Å². The number of benzene rings is 1. The standard InChI is InChI=1S/C19H21FN2O2S/c20-16-8-2-1-5-14(16)6-3-11-21-19(24)17-9-10-18(23)22(17)13-15-7-4-12-25-15/h1-2,4-5,7-8,12,17H,3,6,9-11,13H2,(H,21,24)/t17-/m1/s1. The highest BCUT2D eigenvalue weighted by atomic mass is 32.1. The lowest BCUT2D eigenvalue weighted by Gasteiger charge is -2.23. The summed E-state index contributed by atoms with van der Waals surface area (Å²) >= 11 is 1.58. The summed E-state index contributed by atoms with van der Waals surface area (Å²) in [5, 5.41) is 4.86. The van der Waals surface area contributed by atoms with Crippen molar-refractivity contribution in [2.24, 2.45) is 0 Å². The van der Waals surface area contributed by atoms with Crippen molar-refractivity contribution < 1.29 is 14.0 Å². The normalized spacial score (nSPS) is 17.1. The highest BCUT2D eigenvalue weighted by molar-refractivity contribution is 7.09. The van der Waals surface area contributed by atoms with Crippen molar-refractivity contribution in [2.45, 2.75) is 38.3 Å². The van der Waals surface area contributed by atoms with Gasteiger partial charge >= 0.3 is 0 Å². The molecule has 0 spiro atoms. The third-order valence-electron chi connectivity index (χ3n) is 4.42. The van der Waals surface area contributed by atoms with E-state index >= 15 is 0 Å². The minimum absolute atomic E-state index is 0.0277. The van der Waals surface area contributed by atoms with Crippen LogP contribution in [0.3, 0.4) is 0 Å². The number of amides is 2. The van der Waals surface area contributed by atoms with Crippen LogP contribution < -0.4 is 5.32 Å². The number of carbonyl (C=O) groups excluding carboxylic acids is 2. The maximum absolute atomic E-state index is 13.6. The number of thiophene rings is 1. The molecule has 0 saturated carbocycles. The van der Waals surface area contributed by atoms with Crippen molar-refractivity contribution >= 4 is 23.2 Å². The summed E-state index contributed by atoms with van der Waals surface area (Å²) in [6.07, 6.45) is 2.22. The lowest BCUT2D eigenvalue weighted by atomic mass is 10.1. The summed E-state index contributed by atoms with van der Waals surface area (Å²) in [5.74, 6) is -0.298. The molecule has 6 heteroatoms. The highest BCUT2D eigenvalue weighted by Crippen LogP contribution is 2.23. The molecule has 1 N–H and O–H groups in total. The minimum atomic E-state index is -0.400. The number of hydrogen-bond donors (Lipinski definition) is 1. The van der Waals surface area contributed by atoms with Crippen molar-refractivity contribution in [3.05, 3.63) is 58.0 Å². The quantitative estimate of drug-likeness (QED) is 0.771. The topological polar surface area (TPSA) is 49.4 Å².